The van der Waals surface area contributed by atoms with Crippen LogP contribution in [0.5, 0.6) is 5.75 Å². The van der Waals surface area contributed by atoms with Crippen molar-refractivity contribution in [3.05, 3.63) is 131 Å². The molecule has 5 nitrogen and oxygen atoms in total. The van der Waals surface area contributed by atoms with Crippen LogP contribution in [0.1, 0.15) is 28.4 Å². The van der Waals surface area contributed by atoms with Crippen molar-refractivity contribution in [1.29, 1.82) is 0 Å². The SMILES string of the molecule is OB1OC(CN(Cc2ccccc2)Cc2ccccc2)c2cccc(OCCOCc3ccccc3)c21. The Kier molecular flexibility index (Phi) is 8.67. The van der Waals surface area contributed by atoms with E-state index in [2.05, 4.69) is 53.4 Å². The van der Waals surface area contributed by atoms with Gasteiger partial charge in [0.05, 0.1) is 19.3 Å². The Bertz CT molecular complexity index is 1200. The lowest BCUT2D eigenvalue weighted by atomic mass is 9.78. The number of fused-ring (bicyclic) bond motifs is 1. The molecule has 4 aromatic rings. The van der Waals surface area contributed by atoms with Crippen molar-refractivity contribution < 1.29 is 19.2 Å². The zero-order valence-electron chi connectivity index (χ0n) is 20.9. The van der Waals surface area contributed by atoms with Crippen LogP contribution in [0.2, 0.25) is 0 Å². The second-order valence-corrected chi connectivity index (χ2v) is 9.26. The Hall–Kier alpha value is -3.42. The fourth-order valence-electron chi connectivity index (χ4n) is 4.75. The van der Waals surface area contributed by atoms with Gasteiger partial charge in [0, 0.05) is 25.1 Å². The smallest absolute Gasteiger partial charge is 0.492 e. The number of nitrogens with zero attached hydrogens (tertiary/aromatic N) is 1. The summed E-state index contributed by atoms with van der Waals surface area (Å²) in [5, 5.41) is 10.8. The summed E-state index contributed by atoms with van der Waals surface area (Å²) in [4.78, 5) is 2.36. The number of hydrogen-bond donors (Lipinski definition) is 1. The van der Waals surface area contributed by atoms with Crippen LogP contribution in [-0.4, -0.2) is 36.8 Å². The van der Waals surface area contributed by atoms with Gasteiger partial charge in [0.15, 0.2) is 0 Å². The predicted octanol–water partition coefficient (Wildman–Crippen LogP) is 4.74. The normalized spacial score (nSPS) is 14.6. The maximum Gasteiger partial charge on any atom is 0.495 e. The zero-order valence-corrected chi connectivity index (χ0v) is 20.9. The quantitative estimate of drug-likeness (QED) is 0.228. The molecule has 0 aromatic heterocycles. The third-order valence-electron chi connectivity index (χ3n) is 6.51. The fourth-order valence-corrected chi connectivity index (χ4v) is 4.75. The minimum atomic E-state index is -1.02. The van der Waals surface area contributed by atoms with Crippen LogP contribution in [0.4, 0.5) is 0 Å². The summed E-state index contributed by atoms with van der Waals surface area (Å²) in [7, 11) is -1.02. The van der Waals surface area contributed by atoms with Gasteiger partial charge in [0.25, 0.3) is 0 Å². The summed E-state index contributed by atoms with van der Waals surface area (Å²) in [6.07, 6.45) is -0.254. The van der Waals surface area contributed by atoms with E-state index in [9.17, 15) is 5.02 Å². The van der Waals surface area contributed by atoms with Gasteiger partial charge in [-0.3, -0.25) is 4.90 Å². The van der Waals surface area contributed by atoms with Gasteiger partial charge in [-0.15, -0.1) is 0 Å². The molecule has 4 aromatic carbocycles. The van der Waals surface area contributed by atoms with Crippen LogP contribution in [-0.2, 0) is 29.1 Å². The molecule has 0 fully saturated rings. The van der Waals surface area contributed by atoms with Gasteiger partial charge < -0.3 is 19.2 Å². The second kappa shape index (κ2) is 12.7. The first-order valence-corrected chi connectivity index (χ1v) is 12.8. The molecule has 0 amide bonds. The molecule has 0 saturated carbocycles. The van der Waals surface area contributed by atoms with Crippen molar-refractivity contribution in [2.75, 3.05) is 19.8 Å². The standard InChI is InChI=1S/C31H32BNO4/c34-32-31-28(17-10-18-29(31)36-20-19-35-24-27-15-8-3-9-16-27)30(37-32)23-33(21-25-11-4-1-5-12-25)22-26-13-6-2-7-14-26/h1-18,30,34H,19-24H2. The highest BCUT2D eigenvalue weighted by atomic mass is 16.5. The van der Waals surface area contributed by atoms with E-state index in [1.54, 1.807) is 0 Å². The molecule has 1 N–H and O–H groups in total. The van der Waals surface area contributed by atoms with Crippen molar-refractivity contribution in [2.45, 2.75) is 25.8 Å². The van der Waals surface area contributed by atoms with Crippen molar-refractivity contribution in [3.8, 4) is 5.75 Å². The van der Waals surface area contributed by atoms with Gasteiger partial charge in [-0.05, 0) is 28.3 Å². The Morgan fingerprint density at radius 3 is 1.92 bits per heavy atom. The van der Waals surface area contributed by atoms with Gasteiger partial charge in [0.1, 0.15) is 12.4 Å². The number of rotatable bonds is 12. The van der Waals surface area contributed by atoms with E-state index in [1.807, 2.05) is 60.7 Å². The molecular formula is C31H32BNO4. The second-order valence-electron chi connectivity index (χ2n) is 9.26. The molecule has 0 radical (unpaired) electrons. The van der Waals surface area contributed by atoms with Gasteiger partial charge in [-0.25, -0.2) is 0 Å². The first kappa shape index (κ1) is 25.2. The molecule has 0 saturated heterocycles. The largest absolute Gasteiger partial charge is 0.495 e. The Balaban J connectivity index is 1.24. The molecule has 0 spiro atoms. The Morgan fingerprint density at radius 1 is 0.703 bits per heavy atom. The first-order chi connectivity index (χ1) is 18.3. The number of benzene rings is 4. The predicted molar refractivity (Wildman–Crippen MR) is 146 cm³/mol. The van der Waals surface area contributed by atoms with Crippen LogP contribution in [0.3, 0.4) is 0 Å². The molecule has 1 aliphatic rings. The molecule has 1 heterocycles. The van der Waals surface area contributed by atoms with E-state index in [0.29, 0.717) is 32.1 Å². The molecule has 0 bridgehead atoms. The highest BCUT2D eigenvalue weighted by molar-refractivity contribution is 6.62. The summed E-state index contributed by atoms with van der Waals surface area (Å²) in [6, 6.07) is 36.8. The summed E-state index contributed by atoms with van der Waals surface area (Å²) in [6.45, 7) is 3.63. The van der Waals surface area contributed by atoms with E-state index in [0.717, 1.165) is 29.7 Å². The molecule has 0 aliphatic carbocycles. The van der Waals surface area contributed by atoms with Crippen LogP contribution < -0.4 is 10.2 Å². The summed E-state index contributed by atoms with van der Waals surface area (Å²) in [5.74, 6) is 0.647. The van der Waals surface area contributed by atoms with E-state index in [-0.39, 0.29) is 6.10 Å². The topological polar surface area (TPSA) is 51.2 Å². The Labute approximate surface area is 219 Å². The van der Waals surface area contributed by atoms with Crippen LogP contribution >= 0.6 is 0 Å². The zero-order chi connectivity index (χ0) is 25.3. The van der Waals surface area contributed by atoms with Crippen LogP contribution in [0.15, 0.2) is 109 Å². The molecule has 6 heteroatoms. The van der Waals surface area contributed by atoms with Crippen LogP contribution in [0, 0.1) is 0 Å². The monoisotopic (exact) mass is 493 g/mol. The van der Waals surface area contributed by atoms with Crippen molar-refractivity contribution in [2.24, 2.45) is 0 Å². The van der Waals surface area contributed by atoms with Gasteiger partial charge >= 0.3 is 7.12 Å². The van der Waals surface area contributed by atoms with Gasteiger partial charge in [-0.1, -0.05) is 103 Å². The summed E-state index contributed by atoms with van der Waals surface area (Å²) < 4.78 is 17.8. The van der Waals surface area contributed by atoms with Crippen molar-refractivity contribution in [1.82, 2.24) is 4.90 Å². The number of ether oxygens (including phenoxy) is 2. The molecule has 1 unspecified atom stereocenters. The third-order valence-corrected chi connectivity index (χ3v) is 6.51. The molecule has 188 valence electrons. The van der Waals surface area contributed by atoms with E-state index >= 15 is 0 Å². The Morgan fingerprint density at radius 2 is 1.30 bits per heavy atom. The van der Waals surface area contributed by atoms with E-state index < -0.39 is 7.12 Å². The molecule has 1 atom stereocenters. The van der Waals surface area contributed by atoms with E-state index in [1.165, 1.54) is 11.1 Å². The van der Waals surface area contributed by atoms with Gasteiger partial charge in [0.2, 0.25) is 0 Å². The fraction of sp³-hybridized carbons (Fsp3) is 0.226. The minimum absolute atomic E-state index is 0.254. The van der Waals surface area contributed by atoms with Crippen molar-refractivity contribution in [3.63, 3.8) is 0 Å². The maximum absolute atomic E-state index is 10.8. The maximum atomic E-state index is 10.8. The summed E-state index contributed by atoms with van der Waals surface area (Å²) in [5.41, 5.74) is 5.30. The molecule has 1 aliphatic heterocycles. The highest BCUT2D eigenvalue weighted by Gasteiger charge is 2.38. The third kappa shape index (κ3) is 6.88. The average molecular weight is 493 g/mol. The lowest BCUT2D eigenvalue weighted by Gasteiger charge is -2.26. The summed E-state index contributed by atoms with van der Waals surface area (Å²) >= 11 is 0. The minimum Gasteiger partial charge on any atom is -0.492 e. The molecule has 37 heavy (non-hydrogen) atoms. The number of hydrogen-bond acceptors (Lipinski definition) is 5. The molecular weight excluding hydrogens is 461 g/mol. The molecule has 5 rings (SSSR count). The van der Waals surface area contributed by atoms with E-state index in [4.69, 9.17) is 14.1 Å². The average Bonchev–Trinajstić information content (AvgIpc) is 3.25. The first-order valence-electron chi connectivity index (χ1n) is 12.8. The van der Waals surface area contributed by atoms with Crippen molar-refractivity contribution >= 4 is 12.6 Å². The lowest BCUT2D eigenvalue weighted by Crippen LogP contribution is -2.30. The van der Waals surface area contributed by atoms with Gasteiger partial charge in [-0.2, -0.15) is 0 Å². The highest BCUT2D eigenvalue weighted by Crippen LogP contribution is 2.29. The lowest BCUT2D eigenvalue weighted by molar-refractivity contribution is 0.0892. The van der Waals surface area contributed by atoms with Crippen LogP contribution in [0.25, 0.3) is 0 Å².